The topological polar surface area (TPSA) is 97.2 Å². The Balaban J connectivity index is 2.58. The molecule has 15 heavy (non-hydrogen) atoms. The van der Waals surface area contributed by atoms with Crippen LogP contribution in [-0.2, 0) is 0 Å². The Bertz CT molecular complexity index is 281. The predicted octanol–water partition coefficient (Wildman–Crippen LogP) is -0.218. The number of carbonyl (C=O) groups excluding carboxylic acids is 1. The Morgan fingerprint density at radius 3 is 2.93 bits per heavy atom. The number of nitrogens with one attached hydrogen (secondary N) is 2. The number of hydrogen-bond donors (Lipinski definition) is 4. The van der Waals surface area contributed by atoms with Gasteiger partial charge in [0.05, 0.1) is 0 Å². The molecule has 0 saturated heterocycles. The Hall–Kier alpha value is -0.750. The number of urea groups is 1. The molecule has 7 nitrogen and oxygen atoms in total. The summed E-state index contributed by atoms with van der Waals surface area (Å²) in [6.45, 7) is 3.84. The van der Waals surface area contributed by atoms with Crippen LogP contribution in [0.3, 0.4) is 0 Å². The number of rotatable bonds is 4. The molecule has 0 saturated carbocycles. The second-order valence-corrected chi connectivity index (χ2v) is 5.89. The van der Waals surface area contributed by atoms with E-state index in [1.165, 1.54) is 0 Å². The van der Waals surface area contributed by atoms with Crippen molar-refractivity contribution in [1.29, 1.82) is 0 Å². The number of hydrogen-bond acceptors (Lipinski definition) is 5. The molecule has 1 aliphatic heterocycles. The van der Waals surface area contributed by atoms with Gasteiger partial charge in [-0.1, -0.05) is 0 Å². The first kappa shape index (κ1) is 12.3. The molecule has 0 atom stereocenters. The molecule has 2 amide bonds. The molecule has 0 fully saturated rings. The van der Waals surface area contributed by atoms with Gasteiger partial charge in [0.2, 0.25) is 0 Å². The van der Waals surface area contributed by atoms with E-state index in [4.69, 9.17) is 0 Å². The summed E-state index contributed by atoms with van der Waals surface area (Å²) in [5, 5.41) is 7.33. The summed E-state index contributed by atoms with van der Waals surface area (Å²) < 4.78 is 0. The summed E-state index contributed by atoms with van der Waals surface area (Å²) >= 11 is 0. The van der Waals surface area contributed by atoms with Crippen molar-refractivity contribution in [2.75, 3.05) is 12.7 Å². The third-order valence-corrected chi connectivity index (χ3v) is 3.71. The summed E-state index contributed by atoms with van der Waals surface area (Å²) in [6.07, 6.45) is 0.918. The SMILES string of the molecule is CCC[PH](O)(O)NN1CC(C)=NNC1=O. The van der Waals surface area contributed by atoms with Crippen LogP contribution in [0, 0.1) is 0 Å². The van der Waals surface area contributed by atoms with Crippen LogP contribution < -0.4 is 10.6 Å². The monoisotopic (exact) mass is 236 g/mol. The molecule has 0 aromatic heterocycles. The summed E-state index contributed by atoms with van der Waals surface area (Å²) in [5.74, 6) is 0. The van der Waals surface area contributed by atoms with Gasteiger partial charge >= 0.3 is 87.9 Å². The molecule has 88 valence electrons. The van der Waals surface area contributed by atoms with Crippen molar-refractivity contribution in [2.24, 2.45) is 5.10 Å². The molecule has 0 aliphatic carbocycles. The first-order valence-electron chi connectivity index (χ1n) is 4.78. The van der Waals surface area contributed by atoms with Crippen LogP contribution in [0.25, 0.3) is 0 Å². The zero-order valence-corrected chi connectivity index (χ0v) is 9.82. The number of carbonyl (C=O) groups is 1. The molecule has 0 radical (unpaired) electrons. The van der Waals surface area contributed by atoms with Gasteiger partial charge in [-0.3, -0.25) is 0 Å². The number of nitrogens with zero attached hydrogens (tertiary/aromatic N) is 2. The molecule has 0 spiro atoms. The van der Waals surface area contributed by atoms with E-state index < -0.39 is 13.9 Å². The standard InChI is InChI=1S/C7H17N4O3P/c1-3-4-15(13,14)10-11-5-6(2)8-9-7(11)12/h10,13-15H,3-5H2,1-2H3,(H,9,12). The van der Waals surface area contributed by atoms with E-state index in [1.807, 2.05) is 6.92 Å². The molecule has 0 bridgehead atoms. The molecule has 0 unspecified atom stereocenters. The molecule has 0 aromatic carbocycles. The molecular formula is C7H17N4O3P. The maximum atomic E-state index is 11.3. The fraction of sp³-hybridized carbons (Fsp3) is 0.714. The molecule has 8 heteroatoms. The zero-order chi connectivity index (χ0) is 11.5. The van der Waals surface area contributed by atoms with Gasteiger partial charge in [-0.15, -0.1) is 0 Å². The quantitative estimate of drug-likeness (QED) is 0.507. The zero-order valence-electron chi connectivity index (χ0n) is 8.82. The maximum absolute atomic E-state index is 11.3. The molecule has 4 N–H and O–H groups in total. The van der Waals surface area contributed by atoms with Crippen LogP contribution in [0.4, 0.5) is 4.79 Å². The van der Waals surface area contributed by atoms with E-state index in [0.29, 0.717) is 12.1 Å². The van der Waals surface area contributed by atoms with Crippen molar-refractivity contribution in [1.82, 2.24) is 15.6 Å². The minimum absolute atomic E-state index is 0.255. The second-order valence-electron chi connectivity index (χ2n) is 3.53. The third kappa shape index (κ3) is 3.71. The summed E-state index contributed by atoms with van der Waals surface area (Å²) in [6, 6.07) is -0.475. The van der Waals surface area contributed by atoms with Crippen LogP contribution >= 0.6 is 7.87 Å². The van der Waals surface area contributed by atoms with Crippen LogP contribution in [0.15, 0.2) is 5.10 Å². The number of hydrazone groups is 1. The molecule has 1 aliphatic rings. The van der Waals surface area contributed by atoms with E-state index in [2.05, 4.69) is 15.7 Å². The number of amides is 2. The first-order valence-corrected chi connectivity index (χ1v) is 6.88. The summed E-state index contributed by atoms with van der Waals surface area (Å²) in [7, 11) is -3.50. The van der Waals surface area contributed by atoms with E-state index in [9.17, 15) is 14.6 Å². The van der Waals surface area contributed by atoms with Crippen molar-refractivity contribution in [3.8, 4) is 0 Å². The van der Waals surface area contributed by atoms with Gasteiger partial charge in [-0.05, 0) is 0 Å². The van der Waals surface area contributed by atoms with Crippen molar-refractivity contribution >= 4 is 19.6 Å². The van der Waals surface area contributed by atoms with Gasteiger partial charge in [0.25, 0.3) is 0 Å². The molecular weight excluding hydrogens is 219 g/mol. The Morgan fingerprint density at radius 1 is 1.67 bits per heavy atom. The van der Waals surface area contributed by atoms with Crippen molar-refractivity contribution < 1.29 is 14.6 Å². The Morgan fingerprint density at radius 2 is 2.33 bits per heavy atom. The van der Waals surface area contributed by atoms with Crippen molar-refractivity contribution in [2.45, 2.75) is 20.3 Å². The first-order chi connectivity index (χ1) is 6.94. The number of hydrazine groups is 1. The van der Waals surface area contributed by atoms with E-state index in [0.717, 1.165) is 5.01 Å². The van der Waals surface area contributed by atoms with Gasteiger partial charge in [-0.2, -0.15) is 0 Å². The van der Waals surface area contributed by atoms with Gasteiger partial charge < -0.3 is 0 Å². The third-order valence-electron chi connectivity index (χ3n) is 1.89. The van der Waals surface area contributed by atoms with Crippen LogP contribution in [0.2, 0.25) is 0 Å². The van der Waals surface area contributed by atoms with Crippen LogP contribution in [0.5, 0.6) is 0 Å². The summed E-state index contributed by atoms with van der Waals surface area (Å²) in [4.78, 5) is 30.5. The second kappa shape index (κ2) is 4.85. The average molecular weight is 236 g/mol. The van der Waals surface area contributed by atoms with Gasteiger partial charge in [0.1, 0.15) is 0 Å². The average Bonchev–Trinajstić information content (AvgIpc) is 2.10. The van der Waals surface area contributed by atoms with Crippen LogP contribution in [-0.4, -0.2) is 39.2 Å². The van der Waals surface area contributed by atoms with E-state index in [1.54, 1.807) is 6.92 Å². The molecule has 1 heterocycles. The molecule has 0 aromatic rings. The fourth-order valence-electron chi connectivity index (χ4n) is 1.25. The van der Waals surface area contributed by atoms with Crippen molar-refractivity contribution in [3.63, 3.8) is 0 Å². The summed E-state index contributed by atoms with van der Waals surface area (Å²) in [5.41, 5.74) is 2.96. The van der Waals surface area contributed by atoms with Crippen LogP contribution in [0.1, 0.15) is 20.3 Å². The van der Waals surface area contributed by atoms with Gasteiger partial charge in [0, 0.05) is 0 Å². The van der Waals surface area contributed by atoms with Gasteiger partial charge in [-0.25, -0.2) is 0 Å². The predicted molar refractivity (Wildman–Crippen MR) is 59.4 cm³/mol. The van der Waals surface area contributed by atoms with E-state index >= 15 is 0 Å². The van der Waals surface area contributed by atoms with E-state index in [-0.39, 0.29) is 12.7 Å². The normalized spacial score (nSPS) is 18.5. The van der Waals surface area contributed by atoms with Gasteiger partial charge in [0.15, 0.2) is 0 Å². The Kier molecular flexibility index (Phi) is 3.98. The minimum atomic E-state index is -3.50. The fourth-order valence-corrected chi connectivity index (χ4v) is 2.67. The Labute approximate surface area is 88.7 Å². The van der Waals surface area contributed by atoms with Crippen molar-refractivity contribution in [3.05, 3.63) is 0 Å². The molecule has 1 rings (SSSR count).